The van der Waals surface area contributed by atoms with Crippen molar-refractivity contribution in [2.24, 2.45) is 68.5 Å². The SMILES string of the molecule is CC(C)[C@@H]1CC[C@]2(NCCC3CCS(=O)(=O)CC3)CC[C@]3(C)[C@H](CC[C@@H]4[C@@]5(C)CC=C(C6=CC[C@](CF)(C(=O)O)CC6)C(C)(C)[C@@H]5CC[C@]43C)[C@@H]12. The standard InChI is InChI=1S/C44H70FNO4S/c1-29(2)32-12-22-44(46-25-15-30-16-26-51(49,50)27-17-30)24-23-41(6)34(37(32)44)8-9-36-40(5)18-13-33(39(3,4)35(40)14-19-42(36,41)7)31-10-20-43(28-45,21-11-31)38(47)48/h10,13,29-30,32,34-37,46H,8-9,11-12,14-28H2,1-7H3,(H,47,48)/t32-,34+,35-,36+,37+,40-,41+,42+,43-,44-/m0/s1. The molecule has 5 fully saturated rings. The normalized spacial score (nSPS) is 46.3. The first-order chi connectivity index (χ1) is 23.9. The van der Waals surface area contributed by atoms with Crippen LogP contribution in [0, 0.1) is 68.5 Å². The molecular weight excluding hydrogens is 658 g/mol. The molecule has 6 aliphatic carbocycles. The Bertz CT molecular complexity index is 1540. The zero-order valence-corrected chi connectivity index (χ0v) is 33.9. The van der Waals surface area contributed by atoms with Crippen LogP contribution in [0.3, 0.4) is 0 Å². The zero-order chi connectivity index (χ0) is 36.8. The van der Waals surface area contributed by atoms with Crippen LogP contribution in [-0.4, -0.2) is 49.8 Å². The molecule has 4 saturated carbocycles. The van der Waals surface area contributed by atoms with Crippen molar-refractivity contribution in [3.05, 3.63) is 23.3 Å². The molecule has 7 rings (SSSR count). The summed E-state index contributed by atoms with van der Waals surface area (Å²) in [4.78, 5) is 12.0. The second kappa shape index (κ2) is 12.9. The summed E-state index contributed by atoms with van der Waals surface area (Å²) in [5.41, 5.74) is 2.49. The first-order valence-corrected chi connectivity index (χ1v) is 22.9. The van der Waals surface area contributed by atoms with Gasteiger partial charge < -0.3 is 10.4 Å². The molecule has 7 heteroatoms. The molecule has 0 aromatic carbocycles. The van der Waals surface area contributed by atoms with Gasteiger partial charge in [-0.3, -0.25) is 4.79 Å². The Labute approximate surface area is 309 Å². The van der Waals surface area contributed by atoms with Gasteiger partial charge in [0.25, 0.3) is 0 Å². The molecule has 0 bridgehead atoms. The van der Waals surface area contributed by atoms with Gasteiger partial charge in [-0.25, -0.2) is 12.8 Å². The lowest BCUT2D eigenvalue weighted by molar-refractivity contribution is -0.223. The third-order valence-corrected chi connectivity index (χ3v) is 20.0. The molecule has 0 radical (unpaired) electrons. The maximum atomic E-state index is 14.0. The van der Waals surface area contributed by atoms with Crippen LogP contribution < -0.4 is 5.32 Å². The highest BCUT2D eigenvalue weighted by atomic mass is 32.2. The van der Waals surface area contributed by atoms with Gasteiger partial charge in [0.15, 0.2) is 0 Å². The number of fused-ring (bicyclic) bond motifs is 7. The van der Waals surface area contributed by atoms with Gasteiger partial charge in [-0.05, 0) is 177 Å². The molecular formula is C44H70FNO4S. The Hall–Kier alpha value is -1.21. The molecule has 1 heterocycles. The van der Waals surface area contributed by atoms with Gasteiger partial charge in [-0.2, -0.15) is 0 Å². The molecule has 0 amide bonds. The quantitative estimate of drug-likeness (QED) is 0.260. The van der Waals surface area contributed by atoms with Crippen molar-refractivity contribution in [3.8, 4) is 0 Å². The summed E-state index contributed by atoms with van der Waals surface area (Å²) in [5, 5.41) is 14.1. The first-order valence-electron chi connectivity index (χ1n) is 21.0. The number of rotatable bonds is 8. The van der Waals surface area contributed by atoms with Crippen molar-refractivity contribution < 1.29 is 22.7 Å². The van der Waals surface area contributed by atoms with E-state index in [9.17, 15) is 22.7 Å². The second-order valence-corrected chi connectivity index (χ2v) is 23.1. The largest absolute Gasteiger partial charge is 0.481 e. The molecule has 7 aliphatic rings. The summed E-state index contributed by atoms with van der Waals surface area (Å²) in [7, 11) is -2.82. The first kappa shape index (κ1) is 38.1. The Morgan fingerprint density at radius 2 is 1.61 bits per heavy atom. The topological polar surface area (TPSA) is 83.5 Å². The van der Waals surface area contributed by atoms with Crippen LogP contribution >= 0.6 is 0 Å². The highest BCUT2D eigenvalue weighted by Gasteiger charge is 2.70. The van der Waals surface area contributed by atoms with E-state index in [1.807, 2.05) is 0 Å². The van der Waals surface area contributed by atoms with Crippen LogP contribution in [0.15, 0.2) is 23.3 Å². The molecule has 1 saturated heterocycles. The fourth-order valence-corrected chi connectivity index (χ4v) is 16.7. The lowest BCUT2D eigenvalue weighted by atomic mass is 9.32. The molecule has 0 spiro atoms. The molecule has 1 aliphatic heterocycles. The van der Waals surface area contributed by atoms with Gasteiger partial charge in [0.05, 0.1) is 16.9 Å². The third kappa shape index (κ3) is 5.79. The van der Waals surface area contributed by atoms with Crippen LogP contribution in [0.1, 0.15) is 145 Å². The van der Waals surface area contributed by atoms with Gasteiger partial charge in [0.1, 0.15) is 16.5 Å². The predicted octanol–water partition coefficient (Wildman–Crippen LogP) is 9.97. The zero-order valence-electron chi connectivity index (χ0n) is 33.1. The Kier molecular flexibility index (Phi) is 9.66. The molecule has 51 heavy (non-hydrogen) atoms. The second-order valence-electron chi connectivity index (χ2n) is 20.8. The summed E-state index contributed by atoms with van der Waals surface area (Å²) in [6.07, 6.45) is 20.2. The van der Waals surface area contributed by atoms with Gasteiger partial charge in [-0.15, -0.1) is 0 Å². The van der Waals surface area contributed by atoms with E-state index in [0.29, 0.717) is 71.2 Å². The van der Waals surface area contributed by atoms with Gasteiger partial charge in [0.2, 0.25) is 0 Å². The van der Waals surface area contributed by atoms with Crippen LogP contribution in [0.25, 0.3) is 0 Å². The van der Waals surface area contributed by atoms with Crippen LogP contribution in [0.2, 0.25) is 0 Å². The van der Waals surface area contributed by atoms with Gasteiger partial charge in [-0.1, -0.05) is 60.6 Å². The van der Waals surface area contributed by atoms with E-state index in [4.69, 9.17) is 0 Å². The minimum atomic E-state index is -2.82. The van der Waals surface area contributed by atoms with Crippen LogP contribution in [0.4, 0.5) is 4.39 Å². The Morgan fingerprint density at radius 1 is 0.882 bits per heavy atom. The number of halogens is 1. The summed E-state index contributed by atoms with van der Waals surface area (Å²) in [6, 6.07) is 0. The molecule has 5 nitrogen and oxygen atoms in total. The molecule has 0 aromatic rings. The predicted molar refractivity (Wildman–Crippen MR) is 205 cm³/mol. The number of sulfone groups is 1. The van der Waals surface area contributed by atoms with E-state index in [-0.39, 0.29) is 16.4 Å². The van der Waals surface area contributed by atoms with Crippen LogP contribution in [0.5, 0.6) is 0 Å². The average Bonchev–Trinajstić information content (AvgIpc) is 3.46. The summed E-state index contributed by atoms with van der Waals surface area (Å²) in [6.45, 7) is 18.2. The van der Waals surface area contributed by atoms with E-state index in [1.165, 1.54) is 62.5 Å². The maximum absolute atomic E-state index is 14.0. The smallest absolute Gasteiger partial charge is 0.312 e. The average molecular weight is 728 g/mol. The number of alkyl halides is 1. The highest BCUT2D eigenvalue weighted by molar-refractivity contribution is 7.91. The van der Waals surface area contributed by atoms with E-state index >= 15 is 0 Å². The van der Waals surface area contributed by atoms with Crippen LogP contribution in [-0.2, 0) is 14.6 Å². The molecule has 10 atom stereocenters. The number of carbonyl (C=O) groups is 1. The number of allylic oxidation sites excluding steroid dienone is 4. The van der Waals surface area contributed by atoms with Gasteiger partial charge in [0, 0.05) is 5.54 Å². The molecule has 0 unspecified atom stereocenters. The van der Waals surface area contributed by atoms with E-state index < -0.39 is 27.9 Å². The molecule has 2 N–H and O–H groups in total. The number of hydrogen-bond donors (Lipinski definition) is 2. The number of aliphatic carboxylic acids is 1. The van der Waals surface area contributed by atoms with Crippen molar-refractivity contribution in [2.45, 2.75) is 150 Å². The van der Waals surface area contributed by atoms with E-state index in [1.54, 1.807) is 0 Å². The number of carboxylic acids is 1. The third-order valence-electron chi connectivity index (χ3n) is 18.3. The Balaban J connectivity index is 1.13. The summed E-state index contributed by atoms with van der Waals surface area (Å²) < 4.78 is 38.1. The highest BCUT2D eigenvalue weighted by Crippen LogP contribution is 2.76. The lowest BCUT2D eigenvalue weighted by Crippen LogP contribution is -2.68. The molecule has 288 valence electrons. The van der Waals surface area contributed by atoms with E-state index in [0.717, 1.165) is 44.1 Å². The van der Waals surface area contributed by atoms with Crippen molar-refractivity contribution in [2.75, 3.05) is 24.7 Å². The lowest BCUT2D eigenvalue weighted by Gasteiger charge is -2.72. The van der Waals surface area contributed by atoms with Crippen molar-refractivity contribution in [1.29, 1.82) is 0 Å². The number of carboxylic acid groups (broad SMARTS) is 1. The maximum Gasteiger partial charge on any atom is 0.312 e. The fourth-order valence-electron chi connectivity index (χ4n) is 15.1. The fraction of sp³-hybridized carbons (Fsp3) is 0.886. The van der Waals surface area contributed by atoms with Crippen molar-refractivity contribution >= 4 is 15.8 Å². The van der Waals surface area contributed by atoms with E-state index in [2.05, 4.69) is 65.9 Å². The van der Waals surface area contributed by atoms with Crippen molar-refractivity contribution in [3.63, 3.8) is 0 Å². The Morgan fingerprint density at radius 3 is 2.24 bits per heavy atom. The van der Waals surface area contributed by atoms with Crippen molar-refractivity contribution in [1.82, 2.24) is 5.32 Å². The molecule has 0 aromatic heterocycles. The number of hydrogen-bond acceptors (Lipinski definition) is 4. The summed E-state index contributed by atoms with van der Waals surface area (Å²) >= 11 is 0. The minimum absolute atomic E-state index is 0.000790. The minimum Gasteiger partial charge on any atom is -0.481 e. The summed E-state index contributed by atoms with van der Waals surface area (Å²) in [5.74, 6) is 4.43. The van der Waals surface area contributed by atoms with Gasteiger partial charge >= 0.3 is 5.97 Å². The monoisotopic (exact) mass is 728 g/mol. The number of nitrogens with one attached hydrogen (secondary N) is 1.